The van der Waals surface area contributed by atoms with Gasteiger partial charge in [-0.3, -0.25) is 4.79 Å². The number of aliphatic hydroxyl groups excluding tert-OH is 8. The monoisotopic (exact) mass is 679 g/mol. The number of allylic oxidation sites excluding steroid dienone is 1. The Morgan fingerprint density at radius 3 is 1.83 bits per heavy atom. The Morgan fingerprint density at radius 1 is 0.745 bits per heavy atom. The molecule has 0 aromatic rings. The van der Waals surface area contributed by atoms with Gasteiger partial charge in [0, 0.05) is 6.92 Å². The highest BCUT2D eigenvalue weighted by Crippen LogP contribution is 2.29. The molecule has 1 amide bonds. The van der Waals surface area contributed by atoms with E-state index in [0.29, 0.717) is 0 Å². The van der Waals surface area contributed by atoms with E-state index in [-0.39, 0.29) is 6.61 Å². The minimum Gasteiger partial charge on any atom is -0.394 e. The zero-order valence-electron chi connectivity index (χ0n) is 28.0. The fraction of sp³-hybridized carbons (Fsp3) is 0.909. The van der Waals surface area contributed by atoms with E-state index in [2.05, 4.69) is 12.2 Å². The molecule has 0 saturated carbocycles. The molecule has 12 unspecified atom stereocenters. The van der Waals surface area contributed by atoms with Gasteiger partial charge in [-0.25, -0.2) is 0 Å². The number of nitrogens with one attached hydrogen (secondary N) is 1. The maximum absolute atomic E-state index is 11.8. The van der Waals surface area contributed by atoms with Gasteiger partial charge < -0.3 is 65.1 Å². The van der Waals surface area contributed by atoms with Crippen molar-refractivity contribution in [3.8, 4) is 0 Å². The molecule has 2 heterocycles. The first kappa shape index (κ1) is 41.9. The van der Waals surface area contributed by atoms with Crippen LogP contribution in [0.15, 0.2) is 12.2 Å². The Balaban J connectivity index is 1.80. The molecule has 0 spiro atoms. The Bertz CT molecular complexity index is 862. The number of hydrogen-bond acceptors (Lipinski definition) is 13. The zero-order valence-corrected chi connectivity index (χ0v) is 28.0. The summed E-state index contributed by atoms with van der Waals surface area (Å²) in [5, 5.41) is 84.5. The lowest BCUT2D eigenvalue weighted by molar-refractivity contribution is -0.359. The average molecular weight is 680 g/mol. The normalized spacial score (nSPS) is 32.8. The van der Waals surface area contributed by atoms with Gasteiger partial charge in [0.15, 0.2) is 12.6 Å². The number of amides is 1. The highest BCUT2D eigenvalue weighted by Gasteiger charge is 2.50. The summed E-state index contributed by atoms with van der Waals surface area (Å²) >= 11 is 0. The van der Waals surface area contributed by atoms with Gasteiger partial charge in [-0.1, -0.05) is 89.7 Å². The van der Waals surface area contributed by atoms with Crippen LogP contribution in [0.2, 0.25) is 0 Å². The molecule has 0 bridgehead atoms. The lowest BCUT2D eigenvalue weighted by atomic mass is 9.97. The third-order valence-corrected chi connectivity index (χ3v) is 8.76. The van der Waals surface area contributed by atoms with E-state index < -0.39 is 92.7 Å². The fourth-order valence-corrected chi connectivity index (χ4v) is 5.85. The Hall–Kier alpha value is -1.27. The van der Waals surface area contributed by atoms with E-state index >= 15 is 0 Å². The summed E-state index contributed by atoms with van der Waals surface area (Å²) in [6.45, 7) is 1.79. The molecule has 0 aliphatic carbocycles. The number of rotatable bonds is 23. The first-order valence-corrected chi connectivity index (χ1v) is 17.4. The fourth-order valence-electron chi connectivity index (χ4n) is 5.85. The second-order valence-corrected chi connectivity index (χ2v) is 12.7. The second kappa shape index (κ2) is 23.2. The largest absolute Gasteiger partial charge is 0.394 e. The van der Waals surface area contributed by atoms with Crippen molar-refractivity contribution in [2.24, 2.45) is 0 Å². The van der Waals surface area contributed by atoms with Crippen molar-refractivity contribution in [3.63, 3.8) is 0 Å². The van der Waals surface area contributed by atoms with E-state index in [1.807, 2.05) is 6.08 Å². The summed E-state index contributed by atoms with van der Waals surface area (Å²) in [6.07, 6.45) is 2.28. The molecule has 12 atom stereocenters. The third kappa shape index (κ3) is 14.2. The minimum absolute atomic E-state index is 0.311. The number of carbonyl (C=O) groups is 1. The predicted molar refractivity (Wildman–Crippen MR) is 171 cm³/mol. The quantitative estimate of drug-likeness (QED) is 0.0518. The molecular weight excluding hydrogens is 618 g/mol. The Labute approximate surface area is 278 Å². The van der Waals surface area contributed by atoms with Crippen LogP contribution in [0.1, 0.15) is 97.3 Å². The summed E-state index contributed by atoms with van der Waals surface area (Å²) in [5.74, 6) is -0.418. The summed E-state index contributed by atoms with van der Waals surface area (Å²) in [4.78, 5) is 11.8. The highest BCUT2D eigenvalue weighted by molar-refractivity contribution is 5.73. The first-order chi connectivity index (χ1) is 22.5. The number of ether oxygens (including phenoxy) is 4. The zero-order chi connectivity index (χ0) is 34.8. The lowest BCUT2D eigenvalue weighted by Gasteiger charge is -2.46. The van der Waals surface area contributed by atoms with Crippen LogP contribution in [-0.2, 0) is 23.7 Å². The third-order valence-electron chi connectivity index (χ3n) is 8.76. The Morgan fingerprint density at radius 2 is 1.28 bits per heavy atom. The highest BCUT2D eigenvalue weighted by atomic mass is 16.7. The van der Waals surface area contributed by atoms with Gasteiger partial charge in [-0.2, -0.15) is 0 Å². The van der Waals surface area contributed by atoms with Crippen LogP contribution in [0.4, 0.5) is 0 Å². The van der Waals surface area contributed by atoms with Gasteiger partial charge >= 0.3 is 0 Å². The van der Waals surface area contributed by atoms with E-state index in [0.717, 1.165) is 19.3 Å². The van der Waals surface area contributed by atoms with E-state index in [1.165, 1.54) is 71.1 Å². The molecule has 0 aromatic heterocycles. The molecule has 9 N–H and O–H groups in total. The van der Waals surface area contributed by atoms with Gasteiger partial charge in [0.2, 0.25) is 5.91 Å². The van der Waals surface area contributed by atoms with Crippen LogP contribution in [0, 0.1) is 0 Å². The van der Waals surface area contributed by atoms with Crippen LogP contribution in [0.3, 0.4) is 0 Å². The molecule has 2 fully saturated rings. The molecule has 2 rings (SSSR count). The molecule has 47 heavy (non-hydrogen) atoms. The summed E-state index contributed by atoms with van der Waals surface area (Å²) < 4.78 is 22.1. The molecule has 2 aliphatic rings. The molecule has 2 aliphatic heterocycles. The van der Waals surface area contributed by atoms with Crippen molar-refractivity contribution in [3.05, 3.63) is 12.2 Å². The van der Waals surface area contributed by atoms with Gasteiger partial charge in [-0.05, 0) is 12.8 Å². The maximum Gasteiger partial charge on any atom is 0.217 e. The van der Waals surface area contributed by atoms with Gasteiger partial charge in [0.05, 0.1) is 32.0 Å². The predicted octanol–water partition coefficient (Wildman–Crippen LogP) is 0.140. The number of carbonyl (C=O) groups excluding carboxylic acids is 1. The van der Waals surface area contributed by atoms with Crippen molar-refractivity contribution >= 4 is 5.91 Å². The van der Waals surface area contributed by atoms with Crippen molar-refractivity contribution in [1.82, 2.24) is 5.32 Å². The van der Waals surface area contributed by atoms with Crippen molar-refractivity contribution in [2.45, 2.75) is 171 Å². The average Bonchev–Trinajstić information content (AvgIpc) is 3.05. The smallest absolute Gasteiger partial charge is 0.217 e. The van der Waals surface area contributed by atoms with Gasteiger partial charge in [0.1, 0.15) is 48.8 Å². The maximum atomic E-state index is 11.8. The van der Waals surface area contributed by atoms with Gasteiger partial charge in [0.25, 0.3) is 0 Å². The number of aliphatic hydroxyl groups is 8. The SMILES string of the molecule is CCCCCCCCCCCCCC/C=C/C(O)C(COC1OC(CO)C(OC2OC(CO)C(O)C(O)C2O)C(O)C1O)NC(C)=O. The Kier molecular flexibility index (Phi) is 20.7. The van der Waals surface area contributed by atoms with Crippen LogP contribution < -0.4 is 5.32 Å². The molecule has 0 aromatic carbocycles. The molecule has 276 valence electrons. The van der Waals surface area contributed by atoms with Gasteiger partial charge in [-0.15, -0.1) is 0 Å². The van der Waals surface area contributed by atoms with Crippen molar-refractivity contribution in [2.75, 3.05) is 19.8 Å². The lowest BCUT2D eigenvalue weighted by Crippen LogP contribution is -2.65. The molecule has 14 heteroatoms. The van der Waals surface area contributed by atoms with Crippen LogP contribution >= 0.6 is 0 Å². The topological polar surface area (TPSA) is 228 Å². The summed E-state index contributed by atoms with van der Waals surface area (Å²) in [6, 6.07) is -0.908. The molecule has 0 radical (unpaired) electrons. The van der Waals surface area contributed by atoms with Crippen LogP contribution in [0.25, 0.3) is 0 Å². The number of hydrogen-bond donors (Lipinski definition) is 9. The van der Waals surface area contributed by atoms with Crippen molar-refractivity contribution < 1.29 is 64.6 Å². The van der Waals surface area contributed by atoms with E-state index in [1.54, 1.807) is 6.08 Å². The van der Waals surface area contributed by atoms with Crippen LogP contribution in [-0.4, -0.2) is 140 Å². The van der Waals surface area contributed by atoms with Crippen molar-refractivity contribution in [1.29, 1.82) is 0 Å². The minimum atomic E-state index is -1.78. The first-order valence-electron chi connectivity index (χ1n) is 17.4. The van der Waals surface area contributed by atoms with E-state index in [4.69, 9.17) is 18.9 Å². The summed E-state index contributed by atoms with van der Waals surface area (Å²) in [5.41, 5.74) is 0. The second-order valence-electron chi connectivity index (χ2n) is 12.7. The van der Waals surface area contributed by atoms with E-state index in [9.17, 15) is 45.6 Å². The van der Waals surface area contributed by atoms with Crippen LogP contribution in [0.5, 0.6) is 0 Å². The standard InChI is InChI=1S/C33H61NO13/c1-3-4-5-6-7-8-9-10-11-12-13-14-15-16-17-23(38)22(34-21(2)37)20-44-32-30(43)28(41)31(25(19-36)46-32)47-33-29(42)27(40)26(39)24(18-35)45-33/h16-17,22-33,35-36,38-43H,3-15,18-20H2,1-2H3,(H,34,37)/b17-16+. The molecule has 14 nitrogen and oxygen atoms in total. The number of unbranched alkanes of at least 4 members (excludes halogenated alkanes) is 12. The molecule has 2 saturated heterocycles. The molecular formula is C33H61NO13. The summed E-state index contributed by atoms with van der Waals surface area (Å²) in [7, 11) is 0.